The molecular formula is C22H30N2O2. The number of furan rings is 1. The third-order valence-electron chi connectivity index (χ3n) is 4.98. The fourth-order valence-electron chi connectivity index (χ4n) is 3.67. The smallest absolute Gasteiger partial charge is 0.224 e. The van der Waals surface area contributed by atoms with Gasteiger partial charge < -0.3 is 9.73 Å². The zero-order chi connectivity index (χ0) is 18.4. The number of carbonyl (C=O) groups is 1. The topological polar surface area (TPSA) is 45.5 Å². The molecule has 26 heavy (non-hydrogen) atoms. The molecule has 2 heterocycles. The van der Waals surface area contributed by atoms with Crippen LogP contribution >= 0.6 is 0 Å². The molecule has 3 rings (SSSR count). The Bertz CT molecular complexity index is 671. The van der Waals surface area contributed by atoms with Gasteiger partial charge in [-0.05, 0) is 61.5 Å². The van der Waals surface area contributed by atoms with Crippen molar-refractivity contribution in [1.29, 1.82) is 0 Å². The van der Waals surface area contributed by atoms with Crippen LogP contribution in [0.4, 0.5) is 0 Å². The highest BCUT2D eigenvalue weighted by molar-refractivity contribution is 5.78. The summed E-state index contributed by atoms with van der Waals surface area (Å²) in [5.74, 6) is 1.65. The Morgan fingerprint density at radius 3 is 2.42 bits per heavy atom. The van der Waals surface area contributed by atoms with Crippen molar-refractivity contribution in [2.24, 2.45) is 5.92 Å². The number of hydrogen-bond donors (Lipinski definition) is 1. The molecule has 1 aromatic heterocycles. The van der Waals surface area contributed by atoms with E-state index in [1.807, 2.05) is 12.1 Å². The molecule has 1 aliphatic rings. The molecule has 1 fully saturated rings. The Labute approximate surface area is 156 Å². The van der Waals surface area contributed by atoms with Crippen LogP contribution in [0, 0.1) is 5.92 Å². The third-order valence-corrected chi connectivity index (χ3v) is 4.98. The fourth-order valence-corrected chi connectivity index (χ4v) is 3.67. The minimum absolute atomic E-state index is 0.0670. The lowest BCUT2D eigenvalue weighted by molar-refractivity contribution is -0.120. The summed E-state index contributed by atoms with van der Waals surface area (Å²) in [5.41, 5.74) is 2.39. The molecule has 0 saturated carbocycles. The van der Waals surface area contributed by atoms with Crippen molar-refractivity contribution in [1.82, 2.24) is 10.2 Å². The van der Waals surface area contributed by atoms with Gasteiger partial charge in [-0.1, -0.05) is 38.1 Å². The number of carbonyl (C=O) groups excluding carboxylic acids is 1. The molecule has 1 aliphatic heterocycles. The molecular weight excluding hydrogens is 324 g/mol. The second-order valence-electron chi connectivity index (χ2n) is 7.67. The quantitative estimate of drug-likeness (QED) is 0.780. The van der Waals surface area contributed by atoms with Crippen molar-refractivity contribution in [3.05, 3.63) is 59.5 Å². The molecule has 1 amide bonds. The number of nitrogens with zero attached hydrogens (tertiary/aromatic N) is 1. The van der Waals surface area contributed by atoms with Crippen LogP contribution in [0.3, 0.4) is 0 Å². The van der Waals surface area contributed by atoms with E-state index in [0.29, 0.717) is 18.9 Å². The molecule has 1 N–H and O–H groups in total. The van der Waals surface area contributed by atoms with Gasteiger partial charge in [-0.3, -0.25) is 9.69 Å². The Morgan fingerprint density at radius 1 is 1.12 bits per heavy atom. The number of rotatable bonds is 8. The summed E-state index contributed by atoms with van der Waals surface area (Å²) in [6.07, 6.45) is 5.64. The van der Waals surface area contributed by atoms with Gasteiger partial charge in [0.1, 0.15) is 5.76 Å². The second-order valence-corrected chi connectivity index (χ2v) is 7.67. The Morgan fingerprint density at radius 2 is 1.81 bits per heavy atom. The second kappa shape index (κ2) is 9.04. The van der Waals surface area contributed by atoms with Gasteiger partial charge in [0.2, 0.25) is 5.91 Å². The summed E-state index contributed by atoms with van der Waals surface area (Å²) in [6.45, 7) is 7.17. The molecule has 0 spiro atoms. The van der Waals surface area contributed by atoms with Crippen molar-refractivity contribution in [3.8, 4) is 0 Å². The van der Waals surface area contributed by atoms with Gasteiger partial charge in [0.15, 0.2) is 0 Å². The Balaban J connectivity index is 1.53. The molecule has 0 aliphatic carbocycles. The predicted molar refractivity (Wildman–Crippen MR) is 104 cm³/mol. The highest BCUT2D eigenvalue weighted by Crippen LogP contribution is 2.24. The molecule has 2 aromatic rings. The first-order valence-corrected chi connectivity index (χ1v) is 9.74. The van der Waals surface area contributed by atoms with E-state index < -0.39 is 0 Å². The van der Waals surface area contributed by atoms with Gasteiger partial charge in [-0.25, -0.2) is 0 Å². The molecule has 4 heteroatoms. The van der Waals surface area contributed by atoms with Gasteiger partial charge in [-0.2, -0.15) is 0 Å². The van der Waals surface area contributed by atoms with Crippen LogP contribution in [0.5, 0.6) is 0 Å². The SMILES string of the molecule is CC(C)Cc1ccc(CC(=O)NCC(c2ccco2)N2CCCC2)cc1. The number of benzene rings is 1. The number of nitrogens with one attached hydrogen (secondary N) is 1. The van der Waals surface area contributed by atoms with E-state index >= 15 is 0 Å². The van der Waals surface area contributed by atoms with E-state index in [1.165, 1.54) is 18.4 Å². The van der Waals surface area contributed by atoms with Crippen molar-refractivity contribution in [2.45, 2.75) is 45.6 Å². The normalized spacial score (nSPS) is 16.1. The van der Waals surface area contributed by atoms with Gasteiger partial charge in [0.25, 0.3) is 0 Å². The maximum absolute atomic E-state index is 12.4. The van der Waals surface area contributed by atoms with Crippen LogP contribution in [0.1, 0.15) is 49.6 Å². The van der Waals surface area contributed by atoms with E-state index in [9.17, 15) is 4.79 Å². The van der Waals surface area contributed by atoms with Crippen molar-refractivity contribution >= 4 is 5.91 Å². The molecule has 1 unspecified atom stereocenters. The molecule has 0 radical (unpaired) electrons. The number of likely N-dealkylation sites (tertiary alicyclic amines) is 1. The molecule has 1 atom stereocenters. The molecule has 1 aromatic carbocycles. The summed E-state index contributed by atoms with van der Waals surface area (Å²) >= 11 is 0. The molecule has 4 nitrogen and oxygen atoms in total. The summed E-state index contributed by atoms with van der Waals surface area (Å²) in [7, 11) is 0. The summed E-state index contributed by atoms with van der Waals surface area (Å²) < 4.78 is 5.61. The standard InChI is InChI=1S/C22H30N2O2/c1-17(2)14-18-7-9-19(10-8-18)15-22(25)23-16-20(21-6-5-13-26-21)24-11-3-4-12-24/h5-10,13,17,20H,3-4,11-12,14-16H2,1-2H3,(H,23,25). The van der Waals surface area contributed by atoms with Crippen LogP contribution in [0.15, 0.2) is 47.1 Å². The first-order chi connectivity index (χ1) is 12.6. The summed E-state index contributed by atoms with van der Waals surface area (Å²) in [4.78, 5) is 14.8. The zero-order valence-electron chi connectivity index (χ0n) is 15.9. The zero-order valence-corrected chi connectivity index (χ0v) is 15.9. The molecule has 0 bridgehead atoms. The van der Waals surface area contributed by atoms with Crippen LogP contribution in [0.25, 0.3) is 0 Å². The average Bonchev–Trinajstić information content (AvgIpc) is 3.30. The minimum atomic E-state index is 0.0670. The van der Waals surface area contributed by atoms with E-state index in [4.69, 9.17) is 4.42 Å². The monoisotopic (exact) mass is 354 g/mol. The van der Waals surface area contributed by atoms with E-state index in [1.54, 1.807) is 6.26 Å². The van der Waals surface area contributed by atoms with Gasteiger partial charge >= 0.3 is 0 Å². The van der Waals surface area contributed by atoms with E-state index in [2.05, 4.69) is 48.3 Å². The molecule has 1 saturated heterocycles. The van der Waals surface area contributed by atoms with Gasteiger partial charge in [0.05, 0.1) is 18.7 Å². The highest BCUT2D eigenvalue weighted by Gasteiger charge is 2.25. The maximum Gasteiger partial charge on any atom is 0.224 e. The lowest BCUT2D eigenvalue weighted by atomic mass is 10.0. The average molecular weight is 354 g/mol. The van der Waals surface area contributed by atoms with Crippen LogP contribution < -0.4 is 5.32 Å². The van der Waals surface area contributed by atoms with Crippen molar-refractivity contribution in [3.63, 3.8) is 0 Å². The summed E-state index contributed by atoms with van der Waals surface area (Å²) in [5, 5.41) is 3.10. The Hall–Kier alpha value is -2.07. The Kier molecular flexibility index (Phi) is 6.51. The maximum atomic E-state index is 12.4. The number of amides is 1. The minimum Gasteiger partial charge on any atom is -0.468 e. The largest absolute Gasteiger partial charge is 0.468 e. The fraction of sp³-hybridized carbons (Fsp3) is 0.500. The van der Waals surface area contributed by atoms with Gasteiger partial charge in [0, 0.05) is 6.54 Å². The van der Waals surface area contributed by atoms with E-state index in [0.717, 1.165) is 30.8 Å². The molecule has 140 valence electrons. The number of hydrogen-bond acceptors (Lipinski definition) is 3. The lowest BCUT2D eigenvalue weighted by Crippen LogP contribution is -2.37. The first-order valence-electron chi connectivity index (χ1n) is 9.74. The summed E-state index contributed by atoms with van der Waals surface area (Å²) in [6, 6.07) is 12.5. The van der Waals surface area contributed by atoms with Crippen LogP contribution in [0.2, 0.25) is 0 Å². The highest BCUT2D eigenvalue weighted by atomic mass is 16.3. The van der Waals surface area contributed by atoms with E-state index in [-0.39, 0.29) is 11.9 Å². The van der Waals surface area contributed by atoms with Crippen molar-refractivity contribution in [2.75, 3.05) is 19.6 Å². The first kappa shape index (κ1) is 18.7. The van der Waals surface area contributed by atoms with Crippen LogP contribution in [-0.2, 0) is 17.6 Å². The van der Waals surface area contributed by atoms with Crippen molar-refractivity contribution < 1.29 is 9.21 Å². The predicted octanol–water partition coefficient (Wildman–Crippen LogP) is 3.97. The van der Waals surface area contributed by atoms with Crippen LogP contribution in [-0.4, -0.2) is 30.4 Å². The lowest BCUT2D eigenvalue weighted by Gasteiger charge is -2.26. The van der Waals surface area contributed by atoms with Gasteiger partial charge in [-0.15, -0.1) is 0 Å². The third kappa shape index (κ3) is 5.21.